The second-order valence-electron chi connectivity index (χ2n) is 5.78. The van der Waals surface area contributed by atoms with Gasteiger partial charge in [0.2, 0.25) is 0 Å². The van der Waals surface area contributed by atoms with Gasteiger partial charge in [-0.15, -0.1) is 0 Å². The molecule has 0 spiro atoms. The van der Waals surface area contributed by atoms with E-state index in [1.165, 1.54) is 11.1 Å². The average molecular weight is 305 g/mol. The molecule has 116 valence electrons. The summed E-state index contributed by atoms with van der Waals surface area (Å²) in [7, 11) is 0. The van der Waals surface area contributed by atoms with Gasteiger partial charge in [0.1, 0.15) is 17.7 Å². The fourth-order valence-electron chi connectivity index (χ4n) is 3.07. The smallest absolute Gasteiger partial charge is 0.127 e. The third-order valence-electron chi connectivity index (χ3n) is 4.19. The fraction of sp³-hybridized carbons (Fsp3) is 0.211. The maximum Gasteiger partial charge on any atom is 0.127 e. The largest absolute Gasteiger partial charge is 0.488 e. The lowest BCUT2D eigenvalue weighted by Crippen LogP contribution is -2.34. The van der Waals surface area contributed by atoms with Gasteiger partial charge in [0, 0.05) is 25.4 Å². The third kappa shape index (κ3) is 2.98. The quantitative estimate of drug-likeness (QED) is 0.761. The van der Waals surface area contributed by atoms with Crippen LogP contribution in [0.2, 0.25) is 0 Å². The minimum Gasteiger partial charge on any atom is -0.488 e. The Labute approximate surface area is 135 Å². The molecule has 2 atom stereocenters. The predicted octanol–water partition coefficient (Wildman–Crippen LogP) is 3.09. The maximum atomic E-state index is 6.02. The molecule has 0 bridgehead atoms. The number of rotatable bonds is 5. The van der Waals surface area contributed by atoms with Gasteiger partial charge in [0.05, 0.1) is 6.04 Å². The van der Waals surface area contributed by atoms with E-state index in [0.717, 1.165) is 24.5 Å². The molecule has 2 heterocycles. The molecule has 0 aliphatic carbocycles. The van der Waals surface area contributed by atoms with Crippen molar-refractivity contribution in [3.05, 3.63) is 83.9 Å². The van der Waals surface area contributed by atoms with Crippen molar-refractivity contribution in [1.82, 2.24) is 15.3 Å². The van der Waals surface area contributed by atoms with Gasteiger partial charge in [-0.1, -0.05) is 48.5 Å². The topological polar surface area (TPSA) is 49.9 Å². The van der Waals surface area contributed by atoms with Crippen molar-refractivity contribution in [3.8, 4) is 5.75 Å². The highest BCUT2D eigenvalue weighted by molar-refractivity contribution is 5.37. The Morgan fingerprint density at radius 3 is 2.74 bits per heavy atom. The first-order chi connectivity index (χ1) is 11.4. The first-order valence-electron chi connectivity index (χ1n) is 7.92. The van der Waals surface area contributed by atoms with Crippen LogP contribution in [0.1, 0.15) is 23.0 Å². The second-order valence-corrected chi connectivity index (χ2v) is 5.78. The molecule has 0 amide bonds. The fourth-order valence-corrected chi connectivity index (χ4v) is 3.07. The Balaban J connectivity index is 1.47. The highest BCUT2D eigenvalue weighted by Crippen LogP contribution is 2.28. The summed E-state index contributed by atoms with van der Waals surface area (Å²) in [6, 6.07) is 18.7. The standard InChI is InChI=1S/C19H19N3O/c1-2-6-14(7-3-1)18(19-20-10-11-21-19)22-13-16-12-15-8-4-5-9-17(15)23-16/h1-11,16,18,22H,12-13H2,(H,20,21)/t16-,18-/m0/s1. The van der Waals surface area contributed by atoms with E-state index in [-0.39, 0.29) is 12.1 Å². The molecule has 4 rings (SSSR count). The van der Waals surface area contributed by atoms with E-state index in [1.807, 2.05) is 24.4 Å². The van der Waals surface area contributed by atoms with Crippen LogP contribution in [0.25, 0.3) is 0 Å². The maximum absolute atomic E-state index is 6.02. The van der Waals surface area contributed by atoms with Gasteiger partial charge in [0.25, 0.3) is 0 Å². The number of nitrogens with zero attached hydrogens (tertiary/aromatic N) is 1. The van der Waals surface area contributed by atoms with Crippen LogP contribution >= 0.6 is 0 Å². The average Bonchev–Trinajstić information content (AvgIpc) is 3.25. The van der Waals surface area contributed by atoms with Gasteiger partial charge in [-0.2, -0.15) is 0 Å². The van der Waals surface area contributed by atoms with Crippen LogP contribution in [0.3, 0.4) is 0 Å². The summed E-state index contributed by atoms with van der Waals surface area (Å²) in [5, 5.41) is 3.60. The Morgan fingerprint density at radius 1 is 1.13 bits per heavy atom. The Bertz CT molecular complexity index is 730. The number of hydrogen-bond donors (Lipinski definition) is 2. The van der Waals surface area contributed by atoms with Crippen molar-refractivity contribution >= 4 is 0 Å². The van der Waals surface area contributed by atoms with E-state index < -0.39 is 0 Å². The molecular formula is C19H19N3O. The summed E-state index contributed by atoms with van der Waals surface area (Å²) in [5.74, 6) is 1.93. The van der Waals surface area contributed by atoms with Gasteiger partial charge in [-0.25, -0.2) is 4.98 Å². The number of nitrogens with one attached hydrogen (secondary N) is 2. The third-order valence-corrected chi connectivity index (χ3v) is 4.19. The molecule has 0 unspecified atom stereocenters. The number of aromatic amines is 1. The lowest BCUT2D eigenvalue weighted by molar-refractivity contribution is 0.223. The van der Waals surface area contributed by atoms with Crippen molar-refractivity contribution in [3.63, 3.8) is 0 Å². The van der Waals surface area contributed by atoms with Gasteiger partial charge in [0.15, 0.2) is 0 Å². The summed E-state index contributed by atoms with van der Waals surface area (Å²) in [5.41, 5.74) is 2.48. The molecule has 23 heavy (non-hydrogen) atoms. The molecule has 1 aliphatic heterocycles. The number of hydrogen-bond acceptors (Lipinski definition) is 3. The first-order valence-corrected chi connectivity index (χ1v) is 7.92. The summed E-state index contributed by atoms with van der Waals surface area (Å²) in [6.07, 6.45) is 4.75. The molecule has 3 aromatic rings. The highest BCUT2D eigenvalue weighted by Gasteiger charge is 2.24. The van der Waals surface area contributed by atoms with Crippen molar-refractivity contribution < 1.29 is 4.74 Å². The minimum absolute atomic E-state index is 0.0403. The number of aromatic nitrogens is 2. The van der Waals surface area contributed by atoms with Crippen molar-refractivity contribution in [2.45, 2.75) is 18.6 Å². The number of fused-ring (bicyclic) bond motifs is 1. The Kier molecular flexibility index (Phi) is 3.82. The number of para-hydroxylation sites is 1. The predicted molar refractivity (Wildman–Crippen MR) is 89.4 cm³/mol. The van der Waals surface area contributed by atoms with Gasteiger partial charge >= 0.3 is 0 Å². The van der Waals surface area contributed by atoms with E-state index in [2.05, 4.69) is 51.7 Å². The SMILES string of the molecule is c1ccc([C@H](NC[C@@H]2Cc3ccccc3O2)c2ncc[nH]2)cc1. The molecule has 0 saturated heterocycles. The molecule has 0 fully saturated rings. The van der Waals surface area contributed by atoms with Gasteiger partial charge in [-0.3, -0.25) is 5.32 Å². The summed E-state index contributed by atoms with van der Waals surface area (Å²) < 4.78 is 6.02. The van der Waals surface area contributed by atoms with Gasteiger partial charge < -0.3 is 9.72 Å². The van der Waals surface area contributed by atoms with Crippen LogP contribution in [0.5, 0.6) is 5.75 Å². The van der Waals surface area contributed by atoms with E-state index in [0.29, 0.717) is 0 Å². The number of benzene rings is 2. The van der Waals surface area contributed by atoms with E-state index >= 15 is 0 Å². The lowest BCUT2D eigenvalue weighted by Gasteiger charge is -2.20. The first kappa shape index (κ1) is 14.0. The van der Waals surface area contributed by atoms with Crippen LogP contribution in [0.15, 0.2) is 67.0 Å². The molecular weight excluding hydrogens is 286 g/mol. The zero-order valence-electron chi connectivity index (χ0n) is 12.8. The van der Waals surface area contributed by atoms with E-state index in [1.54, 1.807) is 6.20 Å². The van der Waals surface area contributed by atoms with Crippen LogP contribution in [-0.2, 0) is 6.42 Å². The van der Waals surface area contributed by atoms with E-state index in [4.69, 9.17) is 4.74 Å². The molecule has 4 heteroatoms. The molecule has 1 aliphatic rings. The molecule has 0 radical (unpaired) electrons. The monoisotopic (exact) mass is 305 g/mol. The van der Waals surface area contributed by atoms with Crippen LogP contribution in [0.4, 0.5) is 0 Å². The lowest BCUT2D eigenvalue weighted by atomic mass is 10.1. The molecule has 1 aromatic heterocycles. The Hall–Kier alpha value is -2.59. The normalized spacial score (nSPS) is 17.5. The van der Waals surface area contributed by atoms with Gasteiger partial charge in [-0.05, 0) is 17.2 Å². The molecule has 2 N–H and O–H groups in total. The van der Waals surface area contributed by atoms with Crippen LogP contribution in [0, 0.1) is 0 Å². The number of H-pyrrole nitrogens is 1. The van der Waals surface area contributed by atoms with Crippen LogP contribution < -0.4 is 10.1 Å². The summed E-state index contributed by atoms with van der Waals surface area (Å²) in [4.78, 5) is 7.63. The molecule has 0 saturated carbocycles. The number of imidazole rings is 1. The highest BCUT2D eigenvalue weighted by atomic mass is 16.5. The zero-order valence-corrected chi connectivity index (χ0v) is 12.8. The molecule has 2 aromatic carbocycles. The Morgan fingerprint density at radius 2 is 1.96 bits per heavy atom. The minimum atomic E-state index is 0.0403. The number of ether oxygens (including phenoxy) is 1. The van der Waals surface area contributed by atoms with Crippen LogP contribution in [-0.4, -0.2) is 22.6 Å². The second kappa shape index (κ2) is 6.26. The zero-order chi connectivity index (χ0) is 15.5. The summed E-state index contributed by atoms with van der Waals surface area (Å²) >= 11 is 0. The van der Waals surface area contributed by atoms with Crippen molar-refractivity contribution in [1.29, 1.82) is 0 Å². The van der Waals surface area contributed by atoms with Crippen molar-refractivity contribution in [2.24, 2.45) is 0 Å². The van der Waals surface area contributed by atoms with Crippen molar-refractivity contribution in [2.75, 3.05) is 6.54 Å². The summed E-state index contributed by atoms with van der Waals surface area (Å²) in [6.45, 7) is 0.773. The molecule has 4 nitrogen and oxygen atoms in total. The van der Waals surface area contributed by atoms with E-state index in [9.17, 15) is 0 Å².